The van der Waals surface area contributed by atoms with Crippen LogP contribution in [0.4, 0.5) is 5.69 Å². The predicted octanol–water partition coefficient (Wildman–Crippen LogP) is 3.29. The van der Waals surface area contributed by atoms with Gasteiger partial charge in [0.2, 0.25) is 0 Å². The van der Waals surface area contributed by atoms with Crippen LogP contribution in [-0.4, -0.2) is 21.3 Å². The number of hydrogen-bond donors (Lipinski definition) is 1. The van der Waals surface area contributed by atoms with Crippen LogP contribution in [0.25, 0.3) is 0 Å². The van der Waals surface area contributed by atoms with Gasteiger partial charge in [-0.25, -0.2) is 8.42 Å². The van der Waals surface area contributed by atoms with Gasteiger partial charge in [-0.2, -0.15) is 0 Å². The molecule has 0 saturated carbocycles. The fourth-order valence-corrected chi connectivity index (χ4v) is 4.41. The van der Waals surface area contributed by atoms with E-state index >= 15 is 0 Å². The fourth-order valence-electron chi connectivity index (χ4n) is 2.50. The van der Waals surface area contributed by atoms with Crippen LogP contribution in [0.15, 0.2) is 47.4 Å². The fraction of sp³-hybridized carbons (Fsp3) is 0.200. The standard InChI is InChI=1S/C15H14ClNO3S/c1-20-10-6-7-12(16)13(8-10)17-14-9-21(18,19)15-5-3-2-4-11(14)15/h2-8,14,17H,9H2,1H3. The van der Waals surface area contributed by atoms with E-state index in [1.807, 2.05) is 12.1 Å². The molecule has 0 bridgehead atoms. The highest BCUT2D eigenvalue weighted by molar-refractivity contribution is 7.91. The number of benzene rings is 2. The Kier molecular flexibility index (Phi) is 3.55. The van der Waals surface area contributed by atoms with Gasteiger partial charge in [-0.3, -0.25) is 0 Å². The molecule has 0 radical (unpaired) electrons. The molecule has 1 heterocycles. The van der Waals surface area contributed by atoms with Gasteiger partial charge >= 0.3 is 0 Å². The zero-order valence-corrected chi connectivity index (χ0v) is 12.9. The maximum absolute atomic E-state index is 12.2. The minimum Gasteiger partial charge on any atom is -0.497 e. The van der Waals surface area contributed by atoms with Gasteiger partial charge in [0.15, 0.2) is 9.84 Å². The molecule has 1 unspecified atom stereocenters. The monoisotopic (exact) mass is 323 g/mol. The summed E-state index contributed by atoms with van der Waals surface area (Å²) in [6.07, 6.45) is 0. The summed E-state index contributed by atoms with van der Waals surface area (Å²) >= 11 is 6.16. The average molecular weight is 324 g/mol. The highest BCUT2D eigenvalue weighted by Gasteiger charge is 2.34. The lowest BCUT2D eigenvalue weighted by Gasteiger charge is -2.16. The van der Waals surface area contributed by atoms with Gasteiger partial charge < -0.3 is 10.1 Å². The lowest BCUT2D eigenvalue weighted by molar-refractivity contribution is 0.415. The maximum Gasteiger partial charge on any atom is 0.181 e. The molecule has 0 aromatic heterocycles. The van der Waals surface area contributed by atoms with Crippen molar-refractivity contribution < 1.29 is 13.2 Å². The first-order valence-electron chi connectivity index (χ1n) is 6.43. The number of hydrogen-bond acceptors (Lipinski definition) is 4. The number of sulfone groups is 1. The number of rotatable bonds is 3. The van der Waals surface area contributed by atoms with Crippen LogP contribution in [0.5, 0.6) is 5.75 Å². The topological polar surface area (TPSA) is 55.4 Å². The zero-order valence-electron chi connectivity index (χ0n) is 11.3. The molecule has 0 spiro atoms. The molecule has 0 aliphatic carbocycles. The first kappa shape index (κ1) is 14.2. The van der Waals surface area contributed by atoms with Crippen LogP contribution in [0.1, 0.15) is 11.6 Å². The second-order valence-corrected chi connectivity index (χ2v) is 7.27. The van der Waals surface area contributed by atoms with Crippen molar-refractivity contribution in [2.24, 2.45) is 0 Å². The van der Waals surface area contributed by atoms with Crippen molar-refractivity contribution >= 4 is 27.1 Å². The number of anilines is 1. The summed E-state index contributed by atoms with van der Waals surface area (Å²) in [4.78, 5) is 0.390. The van der Waals surface area contributed by atoms with E-state index in [1.165, 1.54) is 0 Å². The van der Waals surface area contributed by atoms with Crippen molar-refractivity contribution in [1.82, 2.24) is 0 Å². The number of ether oxygens (including phenoxy) is 1. The van der Waals surface area contributed by atoms with Crippen LogP contribution in [-0.2, 0) is 9.84 Å². The van der Waals surface area contributed by atoms with Gasteiger partial charge in [-0.15, -0.1) is 0 Å². The number of fused-ring (bicyclic) bond motifs is 1. The smallest absolute Gasteiger partial charge is 0.181 e. The molecule has 1 aliphatic rings. The minimum absolute atomic E-state index is 0.0277. The molecule has 6 heteroatoms. The Bertz CT molecular complexity index is 789. The molecule has 4 nitrogen and oxygen atoms in total. The van der Waals surface area contributed by atoms with Gasteiger partial charge in [0.05, 0.1) is 34.5 Å². The van der Waals surface area contributed by atoms with Crippen LogP contribution in [0, 0.1) is 0 Å². The Balaban J connectivity index is 1.97. The van der Waals surface area contributed by atoms with Crippen molar-refractivity contribution in [3.63, 3.8) is 0 Å². The van der Waals surface area contributed by atoms with Gasteiger partial charge in [0, 0.05) is 6.07 Å². The van der Waals surface area contributed by atoms with Crippen LogP contribution in [0.2, 0.25) is 5.02 Å². The summed E-state index contributed by atoms with van der Waals surface area (Å²) in [6.45, 7) is 0. The Hall–Kier alpha value is -1.72. The number of nitrogens with one attached hydrogen (secondary N) is 1. The second kappa shape index (κ2) is 5.24. The van der Waals surface area contributed by atoms with Gasteiger partial charge in [0.1, 0.15) is 5.75 Å². The molecule has 3 rings (SSSR count). The molecular formula is C15H14ClNO3S. The molecule has 1 atom stereocenters. The molecule has 0 amide bonds. The summed E-state index contributed by atoms with van der Waals surface area (Å²) in [5.41, 5.74) is 1.43. The normalized spacial score (nSPS) is 19.0. The molecule has 0 saturated heterocycles. The molecule has 0 fully saturated rings. The first-order chi connectivity index (χ1) is 10.0. The van der Waals surface area contributed by atoms with Crippen molar-refractivity contribution in [1.29, 1.82) is 0 Å². The Labute approximate surface area is 128 Å². The Morgan fingerprint density at radius 3 is 2.76 bits per heavy atom. The van der Waals surface area contributed by atoms with Crippen molar-refractivity contribution in [2.45, 2.75) is 10.9 Å². The highest BCUT2D eigenvalue weighted by atomic mass is 35.5. The van der Waals surface area contributed by atoms with Crippen LogP contribution >= 0.6 is 11.6 Å². The predicted molar refractivity (Wildman–Crippen MR) is 82.9 cm³/mol. The van der Waals surface area contributed by atoms with Crippen LogP contribution < -0.4 is 10.1 Å². The lowest BCUT2D eigenvalue weighted by Crippen LogP contribution is -2.13. The summed E-state index contributed by atoms with van der Waals surface area (Å²) in [7, 11) is -1.67. The average Bonchev–Trinajstić information content (AvgIpc) is 2.73. The quantitative estimate of drug-likeness (QED) is 0.941. The first-order valence-corrected chi connectivity index (χ1v) is 8.46. The lowest BCUT2D eigenvalue weighted by atomic mass is 10.1. The van der Waals surface area contributed by atoms with Crippen molar-refractivity contribution in [3.05, 3.63) is 53.1 Å². The van der Waals surface area contributed by atoms with Gasteiger partial charge in [0.25, 0.3) is 0 Å². The molecule has 1 N–H and O–H groups in total. The minimum atomic E-state index is -3.24. The van der Waals surface area contributed by atoms with Crippen molar-refractivity contribution in [2.75, 3.05) is 18.2 Å². The van der Waals surface area contributed by atoms with E-state index in [1.54, 1.807) is 37.4 Å². The SMILES string of the molecule is COc1ccc(Cl)c(NC2CS(=O)(=O)c3ccccc32)c1. The Morgan fingerprint density at radius 1 is 1.24 bits per heavy atom. The van der Waals surface area contributed by atoms with E-state index in [9.17, 15) is 8.42 Å². The van der Waals surface area contributed by atoms with Gasteiger partial charge in [-0.1, -0.05) is 29.8 Å². The third-order valence-corrected chi connectivity index (χ3v) is 5.66. The second-order valence-electron chi connectivity index (χ2n) is 4.86. The van der Waals surface area contributed by atoms with Crippen molar-refractivity contribution in [3.8, 4) is 5.75 Å². The summed E-state index contributed by atoms with van der Waals surface area (Å²) < 4.78 is 29.5. The van der Waals surface area contributed by atoms with E-state index in [4.69, 9.17) is 16.3 Å². The number of halogens is 1. The molecule has 110 valence electrons. The van der Waals surface area contributed by atoms with Crippen LogP contribution in [0.3, 0.4) is 0 Å². The molecule has 2 aromatic rings. The number of methoxy groups -OCH3 is 1. The molecular weight excluding hydrogens is 310 g/mol. The molecule has 21 heavy (non-hydrogen) atoms. The summed E-state index contributed by atoms with van der Waals surface area (Å²) in [6, 6.07) is 12.0. The highest BCUT2D eigenvalue weighted by Crippen LogP contribution is 2.37. The van der Waals surface area contributed by atoms with E-state index in [2.05, 4.69) is 5.32 Å². The van der Waals surface area contributed by atoms with Gasteiger partial charge in [-0.05, 0) is 23.8 Å². The zero-order chi connectivity index (χ0) is 15.0. The van der Waals surface area contributed by atoms with E-state index in [0.717, 1.165) is 5.56 Å². The third-order valence-electron chi connectivity index (χ3n) is 3.52. The molecule has 1 aliphatic heterocycles. The van der Waals surface area contributed by atoms with E-state index in [0.29, 0.717) is 21.4 Å². The summed E-state index contributed by atoms with van der Waals surface area (Å²) in [5, 5.41) is 3.73. The molecule has 2 aromatic carbocycles. The van der Waals surface area contributed by atoms with E-state index in [-0.39, 0.29) is 11.8 Å². The maximum atomic E-state index is 12.2. The Morgan fingerprint density at radius 2 is 2.00 bits per heavy atom. The summed E-state index contributed by atoms with van der Waals surface area (Å²) in [5.74, 6) is 0.691. The van der Waals surface area contributed by atoms with E-state index < -0.39 is 9.84 Å². The third kappa shape index (κ3) is 2.59. The largest absolute Gasteiger partial charge is 0.497 e.